The predicted octanol–water partition coefficient (Wildman–Crippen LogP) is 1.04. The second kappa shape index (κ2) is 7.62. The van der Waals surface area contributed by atoms with Gasteiger partial charge in [-0.3, -0.25) is 14.5 Å². The minimum atomic E-state index is -0.474. The van der Waals surface area contributed by atoms with Crippen LogP contribution in [-0.4, -0.2) is 48.4 Å². The summed E-state index contributed by atoms with van der Waals surface area (Å²) in [4.78, 5) is 26.0. The largest absolute Gasteiger partial charge is 0.346 e. The molecule has 20 heavy (non-hydrogen) atoms. The Morgan fingerprint density at radius 1 is 1.05 bits per heavy atom. The highest BCUT2D eigenvalue weighted by Gasteiger charge is 2.25. The Bertz CT molecular complexity index is 340. The highest BCUT2D eigenvalue weighted by Crippen LogP contribution is 2.17. The van der Waals surface area contributed by atoms with Crippen molar-refractivity contribution in [1.82, 2.24) is 15.5 Å². The minimum absolute atomic E-state index is 0.195. The first kappa shape index (κ1) is 15.3. The standard InChI is InChI=1S/C15H27N3O2/c1-2-18-10-6-9-13(18)11-16-14(19)15(20)17-12-7-4-3-5-8-12/h12-13H,2-11H2,1H3,(H,16,19)(H,17,20)/t13-/m1/s1. The third-order valence-electron chi connectivity index (χ3n) is 4.55. The van der Waals surface area contributed by atoms with Gasteiger partial charge in [0.1, 0.15) is 0 Å². The molecule has 5 heteroatoms. The SMILES string of the molecule is CCN1CCC[C@@H]1CNC(=O)C(=O)NC1CCCCC1. The summed E-state index contributed by atoms with van der Waals surface area (Å²) in [5.41, 5.74) is 0. The Hall–Kier alpha value is -1.10. The number of likely N-dealkylation sites (N-methyl/N-ethyl adjacent to an activating group) is 1. The van der Waals surface area contributed by atoms with Crippen LogP contribution in [0.1, 0.15) is 51.9 Å². The Labute approximate surface area is 121 Å². The summed E-state index contributed by atoms with van der Waals surface area (Å²) >= 11 is 0. The van der Waals surface area contributed by atoms with Crippen molar-refractivity contribution < 1.29 is 9.59 Å². The molecule has 0 aromatic heterocycles. The van der Waals surface area contributed by atoms with Gasteiger partial charge in [-0.25, -0.2) is 0 Å². The van der Waals surface area contributed by atoms with E-state index in [4.69, 9.17) is 0 Å². The molecule has 1 aliphatic heterocycles. The Kier molecular flexibility index (Phi) is 5.83. The molecule has 0 spiro atoms. The molecule has 2 aliphatic rings. The lowest BCUT2D eigenvalue weighted by Gasteiger charge is -2.24. The highest BCUT2D eigenvalue weighted by molar-refractivity contribution is 6.35. The predicted molar refractivity (Wildman–Crippen MR) is 78.3 cm³/mol. The molecule has 0 bridgehead atoms. The summed E-state index contributed by atoms with van der Waals surface area (Å²) in [6.45, 7) is 4.83. The van der Waals surface area contributed by atoms with Crippen molar-refractivity contribution in [1.29, 1.82) is 0 Å². The van der Waals surface area contributed by atoms with Gasteiger partial charge < -0.3 is 10.6 Å². The minimum Gasteiger partial charge on any atom is -0.346 e. The molecule has 0 unspecified atom stereocenters. The lowest BCUT2D eigenvalue weighted by Crippen LogP contribution is -2.48. The first-order chi connectivity index (χ1) is 9.70. The monoisotopic (exact) mass is 281 g/mol. The molecule has 0 aromatic carbocycles. The van der Waals surface area contributed by atoms with Gasteiger partial charge in [0.15, 0.2) is 0 Å². The van der Waals surface area contributed by atoms with Crippen molar-refractivity contribution in [2.45, 2.75) is 64.0 Å². The average Bonchev–Trinajstić information content (AvgIpc) is 2.93. The van der Waals surface area contributed by atoms with E-state index in [1.807, 2.05) is 0 Å². The van der Waals surface area contributed by atoms with Crippen molar-refractivity contribution in [3.05, 3.63) is 0 Å². The van der Waals surface area contributed by atoms with Crippen LogP contribution in [-0.2, 0) is 9.59 Å². The van der Waals surface area contributed by atoms with Crippen molar-refractivity contribution in [2.24, 2.45) is 0 Å². The number of likely N-dealkylation sites (tertiary alicyclic amines) is 1. The van der Waals surface area contributed by atoms with Gasteiger partial charge in [0, 0.05) is 18.6 Å². The number of nitrogens with one attached hydrogen (secondary N) is 2. The Morgan fingerprint density at radius 2 is 1.80 bits per heavy atom. The summed E-state index contributed by atoms with van der Waals surface area (Å²) < 4.78 is 0. The van der Waals surface area contributed by atoms with Gasteiger partial charge in [-0.1, -0.05) is 26.2 Å². The smallest absolute Gasteiger partial charge is 0.309 e. The van der Waals surface area contributed by atoms with Crippen molar-refractivity contribution in [3.63, 3.8) is 0 Å². The molecular weight excluding hydrogens is 254 g/mol. The maximum atomic E-state index is 11.8. The van der Waals surface area contributed by atoms with Crippen molar-refractivity contribution in [3.8, 4) is 0 Å². The van der Waals surface area contributed by atoms with Crippen LogP contribution in [0, 0.1) is 0 Å². The molecule has 2 rings (SSSR count). The molecule has 5 nitrogen and oxygen atoms in total. The fourth-order valence-electron chi connectivity index (χ4n) is 3.33. The number of hydrogen-bond acceptors (Lipinski definition) is 3. The van der Waals surface area contributed by atoms with Gasteiger partial charge in [0.2, 0.25) is 0 Å². The van der Waals surface area contributed by atoms with E-state index in [1.165, 1.54) is 12.8 Å². The van der Waals surface area contributed by atoms with Crippen LogP contribution in [0.15, 0.2) is 0 Å². The second-order valence-electron chi connectivity index (χ2n) is 5.94. The van der Waals surface area contributed by atoms with Crippen LogP contribution in [0.4, 0.5) is 0 Å². The molecule has 1 aliphatic carbocycles. The first-order valence-corrected chi connectivity index (χ1v) is 8.03. The van der Waals surface area contributed by atoms with E-state index in [-0.39, 0.29) is 6.04 Å². The van der Waals surface area contributed by atoms with Crippen LogP contribution in [0.3, 0.4) is 0 Å². The zero-order valence-corrected chi connectivity index (χ0v) is 12.5. The van der Waals surface area contributed by atoms with Crippen LogP contribution in [0.2, 0.25) is 0 Å². The van der Waals surface area contributed by atoms with E-state index < -0.39 is 11.8 Å². The number of amides is 2. The van der Waals surface area contributed by atoms with Crippen LogP contribution < -0.4 is 10.6 Å². The molecule has 2 fully saturated rings. The molecule has 114 valence electrons. The molecule has 2 amide bonds. The molecule has 0 aromatic rings. The quantitative estimate of drug-likeness (QED) is 0.757. The average molecular weight is 281 g/mol. The fourth-order valence-corrected chi connectivity index (χ4v) is 3.33. The highest BCUT2D eigenvalue weighted by atomic mass is 16.2. The fraction of sp³-hybridized carbons (Fsp3) is 0.867. The number of hydrogen-bond donors (Lipinski definition) is 2. The second-order valence-corrected chi connectivity index (χ2v) is 5.94. The van der Waals surface area contributed by atoms with E-state index in [1.54, 1.807) is 0 Å². The number of carbonyl (C=O) groups excluding carboxylic acids is 2. The summed E-state index contributed by atoms with van der Waals surface area (Å²) in [6, 6.07) is 0.590. The number of nitrogens with zero attached hydrogens (tertiary/aromatic N) is 1. The molecule has 1 saturated heterocycles. The Balaban J connectivity index is 1.69. The van der Waals surface area contributed by atoms with Gasteiger partial charge in [-0.05, 0) is 38.8 Å². The molecule has 1 saturated carbocycles. The summed E-state index contributed by atoms with van der Waals surface area (Å²) in [6.07, 6.45) is 7.85. The zero-order valence-electron chi connectivity index (χ0n) is 12.5. The third kappa shape index (κ3) is 4.20. The van der Waals surface area contributed by atoms with E-state index in [0.29, 0.717) is 12.6 Å². The molecule has 0 radical (unpaired) electrons. The van der Waals surface area contributed by atoms with E-state index in [2.05, 4.69) is 22.5 Å². The van der Waals surface area contributed by atoms with Gasteiger partial charge in [-0.15, -0.1) is 0 Å². The lowest BCUT2D eigenvalue weighted by molar-refractivity contribution is -0.139. The van der Waals surface area contributed by atoms with Gasteiger partial charge in [0.05, 0.1) is 0 Å². The Morgan fingerprint density at radius 3 is 2.50 bits per heavy atom. The van der Waals surface area contributed by atoms with E-state index >= 15 is 0 Å². The molecule has 2 N–H and O–H groups in total. The lowest BCUT2D eigenvalue weighted by atomic mass is 9.95. The molecule has 1 atom stereocenters. The van der Waals surface area contributed by atoms with Gasteiger partial charge >= 0.3 is 11.8 Å². The maximum Gasteiger partial charge on any atom is 0.309 e. The summed E-state index contributed by atoms with van der Waals surface area (Å²) in [5, 5.41) is 5.64. The summed E-state index contributed by atoms with van der Waals surface area (Å²) in [5.74, 6) is -0.934. The molecule has 1 heterocycles. The van der Waals surface area contributed by atoms with E-state index in [0.717, 1.165) is 45.2 Å². The zero-order chi connectivity index (χ0) is 14.4. The van der Waals surface area contributed by atoms with E-state index in [9.17, 15) is 9.59 Å². The van der Waals surface area contributed by atoms with Crippen LogP contribution in [0.25, 0.3) is 0 Å². The maximum absolute atomic E-state index is 11.8. The number of rotatable bonds is 4. The topological polar surface area (TPSA) is 61.4 Å². The summed E-state index contributed by atoms with van der Waals surface area (Å²) in [7, 11) is 0. The van der Waals surface area contributed by atoms with Crippen molar-refractivity contribution in [2.75, 3.05) is 19.6 Å². The van der Waals surface area contributed by atoms with Gasteiger partial charge in [-0.2, -0.15) is 0 Å². The molecular formula is C15H27N3O2. The third-order valence-corrected chi connectivity index (χ3v) is 4.55. The van der Waals surface area contributed by atoms with Crippen LogP contribution in [0.5, 0.6) is 0 Å². The van der Waals surface area contributed by atoms with Crippen molar-refractivity contribution >= 4 is 11.8 Å². The first-order valence-electron chi connectivity index (χ1n) is 8.03. The van der Waals surface area contributed by atoms with Gasteiger partial charge in [0.25, 0.3) is 0 Å². The van der Waals surface area contributed by atoms with Crippen LogP contribution >= 0.6 is 0 Å². The normalized spacial score (nSPS) is 24.6. The number of carbonyl (C=O) groups is 2.